The molecular formula is C19H24BrN3O2. The Morgan fingerprint density at radius 1 is 1.16 bits per heavy atom. The van der Waals surface area contributed by atoms with E-state index in [-0.39, 0.29) is 11.4 Å². The number of ether oxygens (including phenoxy) is 1. The van der Waals surface area contributed by atoms with Crippen molar-refractivity contribution >= 4 is 27.8 Å². The van der Waals surface area contributed by atoms with Gasteiger partial charge in [0, 0.05) is 17.2 Å². The molecule has 0 saturated carbocycles. The van der Waals surface area contributed by atoms with Crippen LogP contribution in [0.25, 0.3) is 0 Å². The second-order valence-corrected chi connectivity index (χ2v) is 7.63. The number of pyridine rings is 1. The molecule has 2 amide bonds. The Balaban J connectivity index is 1.64. The van der Waals surface area contributed by atoms with Crippen LogP contribution in [0.1, 0.15) is 32.8 Å². The number of hydrogen-bond donors (Lipinski definition) is 2. The van der Waals surface area contributed by atoms with E-state index in [4.69, 9.17) is 4.74 Å². The summed E-state index contributed by atoms with van der Waals surface area (Å²) in [6, 6.07) is 11.4. The molecule has 1 heterocycles. The summed E-state index contributed by atoms with van der Waals surface area (Å²) < 4.78 is 6.56. The number of urea groups is 1. The average molecular weight is 406 g/mol. The molecule has 0 unspecified atom stereocenters. The molecule has 0 atom stereocenters. The Morgan fingerprint density at radius 3 is 2.48 bits per heavy atom. The van der Waals surface area contributed by atoms with Crippen LogP contribution in [0.5, 0.6) is 5.75 Å². The molecule has 0 radical (unpaired) electrons. The third kappa shape index (κ3) is 6.74. The predicted octanol–water partition coefficient (Wildman–Crippen LogP) is 4.73. The summed E-state index contributed by atoms with van der Waals surface area (Å²) >= 11 is 3.30. The van der Waals surface area contributed by atoms with Gasteiger partial charge in [-0.15, -0.1) is 0 Å². The van der Waals surface area contributed by atoms with Gasteiger partial charge >= 0.3 is 6.03 Å². The zero-order valence-corrected chi connectivity index (χ0v) is 16.4. The lowest BCUT2D eigenvalue weighted by Gasteiger charge is -2.19. The molecule has 0 aliphatic heterocycles. The Labute approximate surface area is 157 Å². The minimum absolute atomic E-state index is 0.138. The molecule has 134 valence electrons. The van der Waals surface area contributed by atoms with Gasteiger partial charge in [0.05, 0.1) is 6.61 Å². The number of amides is 2. The number of carbonyl (C=O) groups is 1. The van der Waals surface area contributed by atoms with Crippen molar-refractivity contribution < 1.29 is 9.53 Å². The first kappa shape index (κ1) is 19.2. The first-order chi connectivity index (χ1) is 11.8. The fourth-order valence-corrected chi connectivity index (χ4v) is 2.36. The van der Waals surface area contributed by atoms with E-state index in [0.29, 0.717) is 19.0 Å². The van der Waals surface area contributed by atoms with Crippen LogP contribution in [-0.2, 0) is 5.41 Å². The van der Waals surface area contributed by atoms with E-state index in [9.17, 15) is 4.79 Å². The van der Waals surface area contributed by atoms with Gasteiger partial charge in [0.1, 0.15) is 11.6 Å². The number of aromatic nitrogens is 1. The van der Waals surface area contributed by atoms with Crippen LogP contribution in [0.15, 0.2) is 47.1 Å². The first-order valence-corrected chi connectivity index (χ1v) is 9.03. The highest BCUT2D eigenvalue weighted by atomic mass is 79.9. The number of nitrogens with one attached hydrogen (secondary N) is 2. The fourth-order valence-electron chi connectivity index (χ4n) is 2.13. The summed E-state index contributed by atoms with van der Waals surface area (Å²) in [5, 5.41) is 5.45. The van der Waals surface area contributed by atoms with Crippen LogP contribution in [-0.4, -0.2) is 24.2 Å². The summed E-state index contributed by atoms with van der Waals surface area (Å²) in [5.41, 5.74) is 1.42. The maximum absolute atomic E-state index is 11.7. The molecule has 25 heavy (non-hydrogen) atoms. The van der Waals surface area contributed by atoms with Crippen LogP contribution in [0, 0.1) is 0 Å². The summed E-state index contributed by atoms with van der Waals surface area (Å²) in [6.07, 6.45) is 2.36. The van der Waals surface area contributed by atoms with E-state index in [1.165, 1.54) is 5.56 Å². The maximum atomic E-state index is 11.7. The van der Waals surface area contributed by atoms with E-state index in [0.717, 1.165) is 16.6 Å². The van der Waals surface area contributed by atoms with E-state index in [1.807, 2.05) is 18.2 Å². The van der Waals surface area contributed by atoms with Gasteiger partial charge < -0.3 is 10.1 Å². The molecule has 0 aliphatic rings. The number of hydrogen-bond acceptors (Lipinski definition) is 3. The Hall–Kier alpha value is -2.08. The molecule has 6 heteroatoms. The minimum atomic E-state index is -0.274. The molecule has 1 aromatic carbocycles. The molecule has 1 aromatic heterocycles. The van der Waals surface area contributed by atoms with Gasteiger partial charge in [0.15, 0.2) is 0 Å². The SMILES string of the molecule is CC(C)(C)c1ccc(OCCCNC(=O)Nc2ccc(Br)cn2)cc1. The largest absolute Gasteiger partial charge is 0.494 e. The average Bonchev–Trinajstić information content (AvgIpc) is 2.56. The molecule has 0 fully saturated rings. The highest BCUT2D eigenvalue weighted by molar-refractivity contribution is 9.10. The van der Waals surface area contributed by atoms with Crippen LogP contribution < -0.4 is 15.4 Å². The summed E-state index contributed by atoms with van der Waals surface area (Å²) in [4.78, 5) is 15.8. The van der Waals surface area contributed by atoms with Gasteiger partial charge in [-0.25, -0.2) is 9.78 Å². The van der Waals surface area contributed by atoms with Crippen molar-refractivity contribution in [3.63, 3.8) is 0 Å². The lowest BCUT2D eigenvalue weighted by atomic mass is 9.87. The van der Waals surface area contributed by atoms with Crippen LogP contribution >= 0.6 is 15.9 Å². The number of benzene rings is 1. The lowest BCUT2D eigenvalue weighted by Crippen LogP contribution is -2.30. The quantitative estimate of drug-likeness (QED) is 0.682. The van der Waals surface area contributed by atoms with Crippen molar-refractivity contribution in [1.82, 2.24) is 10.3 Å². The van der Waals surface area contributed by atoms with Gasteiger partial charge in [-0.1, -0.05) is 32.9 Å². The van der Waals surface area contributed by atoms with Crippen LogP contribution in [0.2, 0.25) is 0 Å². The number of anilines is 1. The molecule has 5 nitrogen and oxygen atoms in total. The molecule has 0 spiro atoms. The maximum Gasteiger partial charge on any atom is 0.320 e. The van der Waals surface area contributed by atoms with E-state index >= 15 is 0 Å². The zero-order chi connectivity index (χ0) is 18.3. The second-order valence-electron chi connectivity index (χ2n) is 6.72. The van der Waals surface area contributed by atoms with Gasteiger partial charge in [0.2, 0.25) is 0 Å². The van der Waals surface area contributed by atoms with E-state index in [2.05, 4.69) is 64.5 Å². The molecule has 0 bridgehead atoms. The Bertz CT molecular complexity index is 679. The van der Waals surface area contributed by atoms with Gasteiger partial charge in [-0.05, 0) is 57.6 Å². The van der Waals surface area contributed by atoms with Crippen molar-refractivity contribution in [3.8, 4) is 5.75 Å². The van der Waals surface area contributed by atoms with Crippen molar-refractivity contribution in [1.29, 1.82) is 0 Å². The number of carbonyl (C=O) groups excluding carboxylic acids is 1. The van der Waals surface area contributed by atoms with Crippen molar-refractivity contribution in [2.24, 2.45) is 0 Å². The standard InChI is InChI=1S/C19H24BrN3O2/c1-19(2,3)14-5-8-16(9-6-14)25-12-4-11-21-18(24)23-17-10-7-15(20)13-22-17/h5-10,13H,4,11-12H2,1-3H3,(H2,21,22,23,24). The van der Waals surface area contributed by atoms with Crippen LogP contribution in [0.4, 0.5) is 10.6 Å². The zero-order valence-electron chi connectivity index (χ0n) is 14.8. The number of rotatable bonds is 6. The molecule has 2 rings (SSSR count). The predicted molar refractivity (Wildman–Crippen MR) is 104 cm³/mol. The second kappa shape index (κ2) is 8.85. The van der Waals surface area contributed by atoms with Crippen molar-refractivity contribution in [3.05, 3.63) is 52.6 Å². The molecule has 0 saturated heterocycles. The Kier molecular flexibility index (Phi) is 6.82. The molecule has 2 aromatic rings. The third-order valence-electron chi connectivity index (χ3n) is 3.56. The molecule has 2 N–H and O–H groups in total. The topological polar surface area (TPSA) is 63.2 Å². The Morgan fingerprint density at radius 2 is 1.88 bits per heavy atom. The first-order valence-electron chi connectivity index (χ1n) is 8.24. The third-order valence-corrected chi connectivity index (χ3v) is 4.03. The summed E-state index contributed by atoms with van der Waals surface area (Å²) in [6.45, 7) is 7.63. The minimum Gasteiger partial charge on any atom is -0.494 e. The molecule has 0 aliphatic carbocycles. The van der Waals surface area contributed by atoms with E-state index in [1.54, 1.807) is 12.3 Å². The monoisotopic (exact) mass is 405 g/mol. The summed E-state index contributed by atoms with van der Waals surface area (Å²) in [7, 11) is 0. The number of halogens is 1. The lowest BCUT2D eigenvalue weighted by molar-refractivity contribution is 0.250. The highest BCUT2D eigenvalue weighted by Gasteiger charge is 2.12. The van der Waals surface area contributed by atoms with Crippen LogP contribution in [0.3, 0.4) is 0 Å². The van der Waals surface area contributed by atoms with Crippen molar-refractivity contribution in [2.75, 3.05) is 18.5 Å². The molecular weight excluding hydrogens is 382 g/mol. The van der Waals surface area contributed by atoms with Gasteiger partial charge in [-0.3, -0.25) is 5.32 Å². The fraction of sp³-hybridized carbons (Fsp3) is 0.368. The number of nitrogens with zero attached hydrogens (tertiary/aromatic N) is 1. The smallest absolute Gasteiger partial charge is 0.320 e. The van der Waals surface area contributed by atoms with E-state index < -0.39 is 0 Å². The van der Waals surface area contributed by atoms with Gasteiger partial charge in [0.25, 0.3) is 0 Å². The summed E-state index contributed by atoms with van der Waals surface area (Å²) in [5.74, 6) is 1.35. The normalized spacial score (nSPS) is 11.0. The van der Waals surface area contributed by atoms with Gasteiger partial charge in [-0.2, -0.15) is 0 Å². The van der Waals surface area contributed by atoms with Crippen molar-refractivity contribution in [2.45, 2.75) is 32.6 Å². The highest BCUT2D eigenvalue weighted by Crippen LogP contribution is 2.24.